The minimum absolute atomic E-state index is 0.227. The molecular formula is C19H27FN2O2. The molecule has 1 aromatic rings. The third kappa shape index (κ3) is 3.78. The number of hydrogen-bond acceptors (Lipinski definition) is 3. The van der Waals surface area contributed by atoms with E-state index in [-0.39, 0.29) is 18.3 Å². The second-order valence-electron chi connectivity index (χ2n) is 7.41. The topological polar surface area (TPSA) is 43.8 Å². The summed E-state index contributed by atoms with van der Waals surface area (Å²) in [5.41, 5.74) is -0.828. The molecule has 1 aromatic carbocycles. The van der Waals surface area contributed by atoms with Crippen LogP contribution in [0.3, 0.4) is 0 Å². The summed E-state index contributed by atoms with van der Waals surface area (Å²) in [6, 6.07) is 6.52. The molecule has 1 N–H and O–H groups in total. The molecule has 2 heterocycles. The normalized spacial score (nSPS) is 26.8. The van der Waals surface area contributed by atoms with Gasteiger partial charge in [0.2, 0.25) is 0 Å². The van der Waals surface area contributed by atoms with E-state index in [4.69, 9.17) is 0 Å². The van der Waals surface area contributed by atoms with Crippen molar-refractivity contribution in [2.45, 2.75) is 44.8 Å². The summed E-state index contributed by atoms with van der Waals surface area (Å²) in [5, 5.41) is 10.9. The van der Waals surface area contributed by atoms with Gasteiger partial charge in [0, 0.05) is 25.2 Å². The number of aliphatic hydroxyl groups is 1. The number of benzene rings is 1. The first-order valence-corrected chi connectivity index (χ1v) is 8.95. The van der Waals surface area contributed by atoms with Crippen LogP contribution in [0.5, 0.6) is 0 Å². The first kappa shape index (κ1) is 17.4. The van der Waals surface area contributed by atoms with Gasteiger partial charge in [0.05, 0.1) is 0 Å². The number of rotatable bonds is 4. The van der Waals surface area contributed by atoms with Crippen molar-refractivity contribution < 1.29 is 14.3 Å². The number of amides is 1. The lowest BCUT2D eigenvalue weighted by Crippen LogP contribution is -2.59. The van der Waals surface area contributed by atoms with E-state index < -0.39 is 5.60 Å². The maximum absolute atomic E-state index is 13.9. The molecule has 1 amide bonds. The Hall–Kier alpha value is -1.46. The van der Waals surface area contributed by atoms with Crippen LogP contribution in [-0.4, -0.2) is 52.6 Å². The van der Waals surface area contributed by atoms with Gasteiger partial charge in [-0.1, -0.05) is 25.1 Å². The molecule has 2 aliphatic heterocycles. The second kappa shape index (κ2) is 7.19. The van der Waals surface area contributed by atoms with Gasteiger partial charge in [-0.3, -0.25) is 9.69 Å². The average Bonchev–Trinajstić information content (AvgIpc) is 2.56. The van der Waals surface area contributed by atoms with Crippen LogP contribution >= 0.6 is 0 Å². The number of carbonyl (C=O) groups is 1. The Morgan fingerprint density at radius 3 is 2.67 bits per heavy atom. The van der Waals surface area contributed by atoms with Crippen molar-refractivity contribution in [3.05, 3.63) is 35.6 Å². The van der Waals surface area contributed by atoms with Gasteiger partial charge in [-0.15, -0.1) is 0 Å². The molecule has 0 bridgehead atoms. The van der Waals surface area contributed by atoms with Crippen molar-refractivity contribution in [2.75, 3.05) is 26.2 Å². The Bertz CT molecular complexity index is 586. The van der Waals surface area contributed by atoms with Gasteiger partial charge in [-0.05, 0) is 50.8 Å². The lowest BCUT2D eigenvalue weighted by atomic mass is 9.89. The molecule has 2 saturated heterocycles. The lowest BCUT2D eigenvalue weighted by molar-refractivity contribution is -0.160. The second-order valence-corrected chi connectivity index (χ2v) is 7.41. The van der Waals surface area contributed by atoms with E-state index in [1.807, 2.05) is 0 Å². The van der Waals surface area contributed by atoms with Gasteiger partial charge < -0.3 is 10.0 Å². The molecule has 1 atom stereocenters. The Labute approximate surface area is 143 Å². The van der Waals surface area contributed by atoms with Crippen LogP contribution in [0.4, 0.5) is 4.39 Å². The summed E-state index contributed by atoms with van der Waals surface area (Å²) >= 11 is 0. The van der Waals surface area contributed by atoms with Gasteiger partial charge in [-0.2, -0.15) is 0 Å². The Kier molecular flexibility index (Phi) is 5.21. The van der Waals surface area contributed by atoms with Crippen molar-refractivity contribution in [2.24, 2.45) is 5.92 Å². The Morgan fingerprint density at radius 1 is 1.25 bits per heavy atom. The first-order chi connectivity index (χ1) is 11.5. The molecule has 132 valence electrons. The number of halogens is 1. The highest BCUT2D eigenvalue weighted by atomic mass is 19.1. The Balaban J connectivity index is 1.66. The number of carbonyl (C=O) groups excluding carboxylic acids is 1. The predicted molar refractivity (Wildman–Crippen MR) is 90.8 cm³/mol. The van der Waals surface area contributed by atoms with Crippen LogP contribution in [-0.2, 0) is 11.3 Å². The summed E-state index contributed by atoms with van der Waals surface area (Å²) in [6.07, 6.45) is 3.47. The standard InChI is InChI=1S/C19H27FN2O2/c1-15-7-11-21(12-8-15)14-19(24)9-4-10-22(18(19)23)13-16-5-2-3-6-17(16)20/h2-3,5-6,15,24H,4,7-14H2,1H3. The van der Waals surface area contributed by atoms with E-state index in [9.17, 15) is 14.3 Å². The van der Waals surface area contributed by atoms with Gasteiger partial charge in [0.25, 0.3) is 5.91 Å². The summed E-state index contributed by atoms with van der Waals surface area (Å²) < 4.78 is 13.9. The summed E-state index contributed by atoms with van der Waals surface area (Å²) in [4.78, 5) is 16.6. The maximum atomic E-state index is 13.9. The van der Waals surface area contributed by atoms with Crippen molar-refractivity contribution in [3.8, 4) is 0 Å². The minimum atomic E-state index is -1.33. The van der Waals surface area contributed by atoms with Crippen LogP contribution in [0.1, 0.15) is 38.2 Å². The molecule has 1 unspecified atom stereocenters. The zero-order chi connectivity index (χ0) is 17.2. The molecule has 2 fully saturated rings. The fraction of sp³-hybridized carbons (Fsp3) is 0.632. The largest absolute Gasteiger partial charge is 0.379 e. The van der Waals surface area contributed by atoms with Gasteiger partial charge >= 0.3 is 0 Å². The molecule has 0 radical (unpaired) electrons. The molecule has 24 heavy (non-hydrogen) atoms. The molecule has 2 aliphatic rings. The maximum Gasteiger partial charge on any atom is 0.256 e. The predicted octanol–water partition coefficient (Wildman–Crippen LogP) is 2.41. The van der Waals surface area contributed by atoms with Crippen molar-refractivity contribution >= 4 is 5.91 Å². The molecule has 5 heteroatoms. The van der Waals surface area contributed by atoms with Crippen molar-refractivity contribution in [3.63, 3.8) is 0 Å². The van der Waals surface area contributed by atoms with E-state index >= 15 is 0 Å². The number of piperidine rings is 2. The smallest absolute Gasteiger partial charge is 0.256 e. The quantitative estimate of drug-likeness (QED) is 0.920. The number of hydrogen-bond donors (Lipinski definition) is 1. The summed E-state index contributed by atoms with van der Waals surface area (Å²) in [5.74, 6) is 0.163. The van der Waals surface area contributed by atoms with Crippen LogP contribution in [0.15, 0.2) is 24.3 Å². The molecule has 0 spiro atoms. The van der Waals surface area contributed by atoms with E-state index in [1.165, 1.54) is 6.07 Å². The number of nitrogens with zero attached hydrogens (tertiary/aromatic N) is 2. The van der Waals surface area contributed by atoms with Gasteiger partial charge in [0.1, 0.15) is 5.82 Å². The van der Waals surface area contributed by atoms with Gasteiger partial charge in [0.15, 0.2) is 5.60 Å². The Morgan fingerprint density at radius 2 is 1.96 bits per heavy atom. The molecule has 3 rings (SSSR count). The van der Waals surface area contributed by atoms with E-state index in [2.05, 4.69) is 11.8 Å². The lowest BCUT2D eigenvalue weighted by Gasteiger charge is -2.42. The van der Waals surface area contributed by atoms with E-state index in [0.29, 0.717) is 25.1 Å². The van der Waals surface area contributed by atoms with Crippen molar-refractivity contribution in [1.82, 2.24) is 9.80 Å². The highest BCUT2D eigenvalue weighted by molar-refractivity contribution is 5.86. The highest BCUT2D eigenvalue weighted by Crippen LogP contribution is 2.27. The van der Waals surface area contributed by atoms with Crippen LogP contribution < -0.4 is 0 Å². The van der Waals surface area contributed by atoms with Crippen LogP contribution in [0.2, 0.25) is 0 Å². The zero-order valence-corrected chi connectivity index (χ0v) is 14.4. The highest BCUT2D eigenvalue weighted by Gasteiger charge is 2.43. The third-order valence-electron chi connectivity index (χ3n) is 5.38. The van der Waals surface area contributed by atoms with E-state index in [1.54, 1.807) is 23.1 Å². The summed E-state index contributed by atoms with van der Waals surface area (Å²) in [6.45, 7) is 5.31. The minimum Gasteiger partial charge on any atom is -0.379 e. The first-order valence-electron chi connectivity index (χ1n) is 8.95. The number of β-amino-alcohol motifs (C(OH)–C–C–N with tert-alkyl or cyclic N) is 1. The van der Waals surface area contributed by atoms with Crippen LogP contribution in [0, 0.1) is 11.7 Å². The molecule has 0 aliphatic carbocycles. The fourth-order valence-electron chi connectivity index (χ4n) is 3.79. The molecule has 0 saturated carbocycles. The van der Waals surface area contributed by atoms with E-state index in [0.717, 1.165) is 38.3 Å². The molecular weight excluding hydrogens is 307 g/mol. The SMILES string of the molecule is CC1CCN(CC2(O)CCCN(Cc3ccccc3F)C2=O)CC1. The monoisotopic (exact) mass is 334 g/mol. The zero-order valence-electron chi connectivity index (χ0n) is 14.4. The molecule has 4 nitrogen and oxygen atoms in total. The average molecular weight is 334 g/mol. The fourth-order valence-corrected chi connectivity index (χ4v) is 3.79. The third-order valence-corrected chi connectivity index (χ3v) is 5.38. The van der Waals surface area contributed by atoms with Crippen LogP contribution in [0.25, 0.3) is 0 Å². The van der Waals surface area contributed by atoms with Crippen molar-refractivity contribution in [1.29, 1.82) is 0 Å². The summed E-state index contributed by atoms with van der Waals surface area (Å²) in [7, 11) is 0. The molecule has 0 aromatic heterocycles. The van der Waals surface area contributed by atoms with Gasteiger partial charge in [-0.25, -0.2) is 4.39 Å². The number of likely N-dealkylation sites (tertiary alicyclic amines) is 2.